The van der Waals surface area contributed by atoms with Gasteiger partial charge in [-0.3, -0.25) is 19.5 Å². The largest absolute Gasteiger partial charge is 0.464 e. The summed E-state index contributed by atoms with van der Waals surface area (Å²) in [6.45, 7) is 0.122. The molecule has 0 aliphatic carbocycles. The molecule has 0 aliphatic rings. The van der Waals surface area contributed by atoms with E-state index in [9.17, 15) is 14.4 Å². The number of carbonyl (C=O) groups excluding carboxylic acids is 3. The molecule has 3 rings (SSSR count). The highest BCUT2D eigenvalue weighted by molar-refractivity contribution is 6.04. The Morgan fingerprint density at radius 3 is 2.43 bits per heavy atom. The summed E-state index contributed by atoms with van der Waals surface area (Å²) in [6, 6.07) is 12.0. The molecule has 0 fully saturated rings. The van der Waals surface area contributed by atoms with Crippen molar-refractivity contribution in [2.75, 3.05) is 17.7 Å². The van der Waals surface area contributed by atoms with Crippen LogP contribution in [0.3, 0.4) is 0 Å². The van der Waals surface area contributed by atoms with Crippen LogP contribution in [0.4, 0.5) is 16.4 Å². The van der Waals surface area contributed by atoms with Crippen molar-refractivity contribution in [3.8, 4) is 0 Å². The van der Waals surface area contributed by atoms with Crippen LogP contribution in [-0.4, -0.2) is 44.6 Å². The van der Waals surface area contributed by atoms with Crippen molar-refractivity contribution in [1.29, 1.82) is 0 Å². The molecule has 2 N–H and O–H groups in total. The molecule has 2 heterocycles. The number of hydrogen-bond acceptors (Lipinski definition) is 7. The highest BCUT2D eigenvalue weighted by atomic mass is 16.5. The van der Waals surface area contributed by atoms with E-state index in [0.29, 0.717) is 5.82 Å². The summed E-state index contributed by atoms with van der Waals surface area (Å²) in [5.74, 6) is -0.662. The van der Waals surface area contributed by atoms with Gasteiger partial charge in [0.15, 0.2) is 11.5 Å². The van der Waals surface area contributed by atoms with Crippen molar-refractivity contribution in [3.05, 3.63) is 59.4 Å². The number of amides is 2. The molecule has 0 atom stereocenters. The van der Waals surface area contributed by atoms with Gasteiger partial charge in [-0.05, 0) is 5.56 Å². The molecule has 0 radical (unpaired) electrons. The van der Waals surface area contributed by atoms with E-state index in [1.165, 1.54) is 35.7 Å². The molecule has 11 heteroatoms. The summed E-state index contributed by atoms with van der Waals surface area (Å²) in [5, 5.41) is 13.2. The molecular formula is C19H20N6O5. The average Bonchev–Trinajstić information content (AvgIpc) is 3.28. The second-order valence-corrected chi connectivity index (χ2v) is 6.21. The number of rotatable bonds is 6. The summed E-state index contributed by atoms with van der Waals surface area (Å²) in [4.78, 5) is 36.0. The monoisotopic (exact) mass is 412 g/mol. The maximum absolute atomic E-state index is 12.5. The molecule has 0 bridgehead atoms. The van der Waals surface area contributed by atoms with Crippen LogP contribution in [0, 0.1) is 0 Å². The molecule has 2 amide bonds. The third-order valence-electron chi connectivity index (χ3n) is 4.07. The van der Waals surface area contributed by atoms with Crippen LogP contribution in [0.15, 0.2) is 42.5 Å². The number of methoxy groups -OCH3 is 1. The minimum atomic E-state index is -0.658. The molecule has 0 unspecified atom stereocenters. The van der Waals surface area contributed by atoms with E-state index in [1.807, 2.05) is 30.3 Å². The molecule has 156 valence electrons. The zero-order valence-corrected chi connectivity index (χ0v) is 16.6. The van der Waals surface area contributed by atoms with Crippen LogP contribution in [0.5, 0.6) is 0 Å². The van der Waals surface area contributed by atoms with Gasteiger partial charge < -0.3 is 14.8 Å². The van der Waals surface area contributed by atoms with Crippen LogP contribution >= 0.6 is 0 Å². The maximum Gasteiger partial charge on any atom is 0.413 e. The van der Waals surface area contributed by atoms with Crippen molar-refractivity contribution in [3.63, 3.8) is 0 Å². The Hall–Kier alpha value is -4.15. The first-order valence-corrected chi connectivity index (χ1v) is 8.83. The van der Waals surface area contributed by atoms with Crippen molar-refractivity contribution in [2.45, 2.75) is 6.61 Å². The van der Waals surface area contributed by atoms with Gasteiger partial charge in [0.25, 0.3) is 5.91 Å². The summed E-state index contributed by atoms with van der Waals surface area (Å²) < 4.78 is 12.4. The highest BCUT2D eigenvalue weighted by Gasteiger charge is 2.19. The van der Waals surface area contributed by atoms with Crippen LogP contribution in [-0.2, 0) is 30.2 Å². The number of ether oxygens (including phenoxy) is 2. The Morgan fingerprint density at radius 2 is 1.73 bits per heavy atom. The highest BCUT2D eigenvalue weighted by Crippen LogP contribution is 2.16. The molecule has 3 aromatic rings. The Balaban J connectivity index is 1.61. The number of carbonyl (C=O) groups is 3. The Morgan fingerprint density at radius 1 is 1.00 bits per heavy atom. The quantitative estimate of drug-likeness (QED) is 0.592. The first kappa shape index (κ1) is 20.6. The Kier molecular flexibility index (Phi) is 6.11. The molecule has 30 heavy (non-hydrogen) atoms. The predicted molar refractivity (Wildman–Crippen MR) is 106 cm³/mol. The molecular weight excluding hydrogens is 392 g/mol. The number of esters is 1. The second-order valence-electron chi connectivity index (χ2n) is 6.21. The van der Waals surface area contributed by atoms with Gasteiger partial charge in [0.05, 0.1) is 7.11 Å². The van der Waals surface area contributed by atoms with E-state index in [0.717, 1.165) is 5.56 Å². The standard InChI is InChI=1S/C19H20N6O5/c1-24-14(9-13(22-24)18(27)29-3)17(26)20-15-10-16(25(2)23-15)21-19(28)30-11-12-7-5-4-6-8-12/h4-10H,11H2,1-3H3,(H,21,28)(H,20,23,26). The summed E-state index contributed by atoms with van der Waals surface area (Å²) in [5.41, 5.74) is 1.00. The number of aryl methyl sites for hydroxylation is 2. The lowest BCUT2D eigenvalue weighted by Gasteiger charge is -2.06. The fraction of sp³-hybridized carbons (Fsp3) is 0.211. The smallest absolute Gasteiger partial charge is 0.413 e. The molecule has 1 aromatic carbocycles. The first-order valence-electron chi connectivity index (χ1n) is 8.83. The fourth-order valence-electron chi connectivity index (χ4n) is 2.57. The fourth-order valence-corrected chi connectivity index (χ4v) is 2.57. The van der Waals surface area contributed by atoms with Gasteiger partial charge in [0, 0.05) is 26.2 Å². The van der Waals surface area contributed by atoms with E-state index in [1.54, 1.807) is 7.05 Å². The van der Waals surface area contributed by atoms with Crippen molar-refractivity contribution in [1.82, 2.24) is 19.6 Å². The molecule has 2 aromatic heterocycles. The van der Waals surface area contributed by atoms with Crippen LogP contribution in [0.1, 0.15) is 26.5 Å². The number of anilines is 2. The molecule has 0 saturated carbocycles. The molecule has 0 aliphatic heterocycles. The van der Waals surface area contributed by atoms with E-state index < -0.39 is 18.0 Å². The maximum atomic E-state index is 12.5. The van der Waals surface area contributed by atoms with E-state index in [2.05, 4.69) is 25.6 Å². The second kappa shape index (κ2) is 8.90. The third kappa shape index (κ3) is 4.82. The zero-order valence-electron chi connectivity index (χ0n) is 16.6. The number of nitrogens with one attached hydrogen (secondary N) is 2. The number of nitrogens with zero attached hydrogens (tertiary/aromatic N) is 4. The van der Waals surface area contributed by atoms with Gasteiger partial charge in [0.1, 0.15) is 18.1 Å². The molecule has 11 nitrogen and oxygen atoms in total. The van der Waals surface area contributed by atoms with E-state index in [-0.39, 0.29) is 23.8 Å². The van der Waals surface area contributed by atoms with Crippen LogP contribution in [0.2, 0.25) is 0 Å². The third-order valence-corrected chi connectivity index (χ3v) is 4.07. The van der Waals surface area contributed by atoms with Gasteiger partial charge in [-0.2, -0.15) is 10.2 Å². The first-order chi connectivity index (χ1) is 14.4. The summed E-state index contributed by atoms with van der Waals surface area (Å²) in [7, 11) is 4.35. The van der Waals surface area contributed by atoms with E-state index >= 15 is 0 Å². The van der Waals surface area contributed by atoms with Gasteiger partial charge >= 0.3 is 12.1 Å². The minimum absolute atomic E-state index is 0.00897. The SMILES string of the molecule is COC(=O)c1cc(C(=O)Nc2cc(NC(=O)OCc3ccccc3)n(C)n2)n(C)n1. The Bertz CT molecular complexity index is 1070. The Labute approximate surface area is 171 Å². The van der Waals surface area contributed by atoms with Gasteiger partial charge in [0.2, 0.25) is 0 Å². The topological polar surface area (TPSA) is 129 Å². The average molecular weight is 412 g/mol. The van der Waals surface area contributed by atoms with Crippen molar-refractivity contribution in [2.24, 2.45) is 14.1 Å². The number of benzene rings is 1. The normalized spacial score (nSPS) is 10.4. The van der Waals surface area contributed by atoms with Gasteiger partial charge in [-0.15, -0.1) is 0 Å². The van der Waals surface area contributed by atoms with Crippen molar-refractivity contribution < 1.29 is 23.9 Å². The lowest BCUT2D eigenvalue weighted by molar-refractivity contribution is 0.0593. The van der Waals surface area contributed by atoms with Crippen molar-refractivity contribution >= 4 is 29.6 Å². The number of hydrogen-bond donors (Lipinski definition) is 2. The number of aromatic nitrogens is 4. The van der Waals surface area contributed by atoms with Gasteiger partial charge in [-0.1, -0.05) is 30.3 Å². The summed E-state index contributed by atoms with van der Waals surface area (Å²) >= 11 is 0. The molecule has 0 saturated heterocycles. The van der Waals surface area contributed by atoms with Crippen LogP contribution in [0.25, 0.3) is 0 Å². The minimum Gasteiger partial charge on any atom is -0.464 e. The lowest BCUT2D eigenvalue weighted by atomic mass is 10.2. The van der Waals surface area contributed by atoms with E-state index in [4.69, 9.17) is 4.74 Å². The molecule has 0 spiro atoms. The lowest BCUT2D eigenvalue weighted by Crippen LogP contribution is -2.16. The zero-order chi connectivity index (χ0) is 21.7. The van der Waals surface area contributed by atoms with Crippen LogP contribution < -0.4 is 10.6 Å². The predicted octanol–water partition coefficient (Wildman–Crippen LogP) is 1.94. The van der Waals surface area contributed by atoms with Gasteiger partial charge in [-0.25, -0.2) is 9.59 Å². The summed E-state index contributed by atoms with van der Waals surface area (Å²) in [6.07, 6.45) is -0.658.